The maximum atomic E-state index is 3.58. The Morgan fingerprint density at radius 3 is 2.00 bits per heavy atom. The Labute approximate surface area is 132 Å². The summed E-state index contributed by atoms with van der Waals surface area (Å²) in [7, 11) is 8.47. The molecule has 2 nitrogen and oxygen atoms in total. The van der Waals surface area contributed by atoms with E-state index in [4.69, 9.17) is 0 Å². The lowest BCUT2D eigenvalue weighted by Crippen LogP contribution is -2.44. The van der Waals surface area contributed by atoms with Crippen molar-refractivity contribution < 1.29 is 0 Å². The summed E-state index contributed by atoms with van der Waals surface area (Å²) in [5, 5.41) is 0. The van der Waals surface area contributed by atoms with E-state index in [-0.39, 0.29) is 5.54 Å². The Morgan fingerprint density at radius 1 is 0.810 bits per heavy atom. The second kappa shape index (κ2) is 9.88. The lowest BCUT2D eigenvalue weighted by molar-refractivity contribution is 0.160. The highest BCUT2D eigenvalue weighted by Gasteiger charge is 2.31. The van der Waals surface area contributed by atoms with Crippen LogP contribution in [0.5, 0.6) is 0 Å². The third kappa shape index (κ3) is 7.03. The van der Waals surface area contributed by atoms with Gasteiger partial charge < -0.3 is 0 Å². The van der Waals surface area contributed by atoms with Crippen LogP contribution in [-0.4, -0.2) is 50.1 Å². The van der Waals surface area contributed by atoms with Gasteiger partial charge in [0.1, 0.15) is 0 Å². The minimum absolute atomic E-state index is 0.157. The smallest absolute Gasteiger partial charge is 0.0820 e. The lowest BCUT2D eigenvalue weighted by Gasteiger charge is -2.38. The van der Waals surface area contributed by atoms with E-state index in [1.807, 2.05) is 0 Å². The molecule has 0 unspecified atom stereocenters. The van der Waals surface area contributed by atoms with Crippen molar-refractivity contribution in [2.45, 2.75) is 63.3 Å². The van der Waals surface area contributed by atoms with Crippen LogP contribution in [0.2, 0.25) is 0 Å². The monoisotopic (exact) mass is 288 g/mol. The average molecular weight is 288 g/mol. The number of rotatable bonds is 5. The van der Waals surface area contributed by atoms with Crippen molar-refractivity contribution in [3.8, 4) is 23.7 Å². The molecular formula is C19H32N2. The molecule has 0 spiro atoms. The molecule has 0 aliphatic heterocycles. The minimum Gasteiger partial charge on any atom is -0.299 e. The fraction of sp³-hybridized carbons (Fsp3) is 0.789. The second-order valence-corrected chi connectivity index (χ2v) is 6.59. The number of unbranched alkanes of at least 4 members (excludes halogenated alkanes) is 3. The third-order valence-corrected chi connectivity index (χ3v) is 4.23. The topological polar surface area (TPSA) is 6.48 Å². The number of hydrogen-bond donors (Lipinski definition) is 0. The van der Waals surface area contributed by atoms with Crippen molar-refractivity contribution in [2.24, 2.45) is 0 Å². The van der Waals surface area contributed by atoms with Crippen LogP contribution in [0.15, 0.2) is 0 Å². The molecule has 118 valence electrons. The van der Waals surface area contributed by atoms with Gasteiger partial charge in [0.15, 0.2) is 0 Å². The predicted octanol–water partition coefficient (Wildman–Crippen LogP) is 3.38. The van der Waals surface area contributed by atoms with E-state index >= 15 is 0 Å². The van der Waals surface area contributed by atoms with Gasteiger partial charge in [0.25, 0.3) is 0 Å². The van der Waals surface area contributed by atoms with Gasteiger partial charge in [-0.25, -0.2) is 0 Å². The van der Waals surface area contributed by atoms with Crippen LogP contribution < -0.4 is 0 Å². The Balaban J connectivity index is 2.26. The summed E-state index contributed by atoms with van der Waals surface area (Å²) in [6.07, 6.45) is 10.9. The zero-order chi connectivity index (χ0) is 15.6. The van der Waals surface area contributed by atoms with Gasteiger partial charge in [-0.3, -0.25) is 9.80 Å². The van der Waals surface area contributed by atoms with Crippen LogP contribution in [0.1, 0.15) is 57.8 Å². The van der Waals surface area contributed by atoms with Gasteiger partial charge in [-0.15, -0.1) is 11.8 Å². The van der Waals surface area contributed by atoms with Crippen molar-refractivity contribution in [1.29, 1.82) is 0 Å². The largest absolute Gasteiger partial charge is 0.299 e. The molecule has 1 rings (SSSR count). The molecular weight excluding hydrogens is 256 g/mol. The summed E-state index contributed by atoms with van der Waals surface area (Å²) in [6, 6.07) is 0. The zero-order valence-electron chi connectivity index (χ0n) is 14.5. The van der Waals surface area contributed by atoms with Crippen LogP contribution in [-0.2, 0) is 0 Å². The number of nitrogens with zero attached hydrogens (tertiary/aromatic N) is 2. The first-order valence-electron chi connectivity index (χ1n) is 8.35. The fourth-order valence-electron chi connectivity index (χ4n) is 2.78. The van der Waals surface area contributed by atoms with Crippen molar-refractivity contribution in [3.63, 3.8) is 0 Å². The van der Waals surface area contributed by atoms with Crippen LogP contribution >= 0.6 is 0 Å². The van der Waals surface area contributed by atoms with Gasteiger partial charge in [-0.05, 0) is 53.9 Å². The Hall–Kier alpha value is -0.960. The van der Waals surface area contributed by atoms with Crippen LogP contribution in [0.25, 0.3) is 0 Å². The molecule has 1 fully saturated rings. The molecule has 0 atom stereocenters. The summed E-state index contributed by atoms with van der Waals surface area (Å²) in [5.74, 6) is 13.4. The SMILES string of the molecule is CN(C)CC#CCCCCC#CC1(N(C)C)CCCCC1. The molecule has 0 radical (unpaired) electrons. The van der Waals surface area contributed by atoms with Gasteiger partial charge in [0.05, 0.1) is 12.1 Å². The van der Waals surface area contributed by atoms with E-state index < -0.39 is 0 Å². The standard InChI is InChI=1S/C19H32N2/c1-20(2)18-14-9-7-5-6-8-11-15-19(21(3)4)16-12-10-13-17-19/h5-8,10,12-13,16-18H2,1-4H3. The maximum absolute atomic E-state index is 3.58. The molecule has 0 amide bonds. The molecule has 0 N–H and O–H groups in total. The van der Waals surface area contributed by atoms with Gasteiger partial charge in [0.2, 0.25) is 0 Å². The van der Waals surface area contributed by atoms with Crippen LogP contribution in [0.3, 0.4) is 0 Å². The van der Waals surface area contributed by atoms with E-state index in [9.17, 15) is 0 Å². The van der Waals surface area contributed by atoms with Gasteiger partial charge >= 0.3 is 0 Å². The molecule has 21 heavy (non-hydrogen) atoms. The van der Waals surface area contributed by atoms with E-state index in [0.717, 1.165) is 19.4 Å². The Bertz CT molecular complexity index is 395. The van der Waals surface area contributed by atoms with Crippen LogP contribution in [0, 0.1) is 23.7 Å². The first-order valence-corrected chi connectivity index (χ1v) is 8.35. The molecule has 1 aliphatic rings. The van der Waals surface area contributed by atoms with Crippen molar-refractivity contribution >= 4 is 0 Å². The normalized spacial score (nSPS) is 17.0. The van der Waals surface area contributed by atoms with Gasteiger partial charge in [-0.2, -0.15) is 0 Å². The minimum atomic E-state index is 0.157. The summed E-state index contributed by atoms with van der Waals surface area (Å²) >= 11 is 0. The van der Waals surface area contributed by atoms with Crippen molar-refractivity contribution in [2.75, 3.05) is 34.7 Å². The van der Waals surface area contributed by atoms with Crippen molar-refractivity contribution in [1.82, 2.24) is 9.80 Å². The molecule has 0 bridgehead atoms. The van der Waals surface area contributed by atoms with E-state index in [1.165, 1.54) is 44.9 Å². The Kier molecular flexibility index (Phi) is 8.51. The molecule has 0 aromatic carbocycles. The third-order valence-electron chi connectivity index (χ3n) is 4.23. The highest BCUT2D eigenvalue weighted by molar-refractivity contribution is 5.18. The average Bonchev–Trinajstić information content (AvgIpc) is 2.46. The molecule has 0 heterocycles. The molecule has 0 aromatic rings. The maximum Gasteiger partial charge on any atom is 0.0820 e. The van der Waals surface area contributed by atoms with E-state index in [1.54, 1.807) is 0 Å². The molecule has 0 saturated heterocycles. The fourth-order valence-corrected chi connectivity index (χ4v) is 2.78. The quantitative estimate of drug-likeness (QED) is 0.565. The molecule has 2 heteroatoms. The molecule has 1 saturated carbocycles. The second-order valence-electron chi connectivity index (χ2n) is 6.59. The van der Waals surface area contributed by atoms with Crippen LogP contribution in [0.4, 0.5) is 0 Å². The summed E-state index contributed by atoms with van der Waals surface area (Å²) in [6.45, 7) is 0.866. The zero-order valence-corrected chi connectivity index (χ0v) is 14.5. The Morgan fingerprint density at radius 2 is 1.43 bits per heavy atom. The summed E-state index contributed by atoms with van der Waals surface area (Å²) < 4.78 is 0. The first kappa shape index (κ1) is 18.1. The first-order chi connectivity index (χ1) is 10.1. The van der Waals surface area contributed by atoms with E-state index in [2.05, 4.69) is 61.7 Å². The number of hydrogen-bond acceptors (Lipinski definition) is 2. The molecule has 1 aliphatic carbocycles. The van der Waals surface area contributed by atoms with Gasteiger partial charge in [0, 0.05) is 12.8 Å². The summed E-state index contributed by atoms with van der Waals surface area (Å²) in [5.41, 5.74) is 0.157. The molecule has 0 aromatic heterocycles. The van der Waals surface area contributed by atoms with E-state index in [0.29, 0.717) is 0 Å². The predicted molar refractivity (Wildman–Crippen MR) is 92.1 cm³/mol. The van der Waals surface area contributed by atoms with Gasteiger partial charge in [-0.1, -0.05) is 31.1 Å². The highest BCUT2D eigenvalue weighted by Crippen LogP contribution is 2.31. The highest BCUT2D eigenvalue weighted by atomic mass is 15.1. The lowest BCUT2D eigenvalue weighted by atomic mass is 9.81. The summed E-state index contributed by atoms with van der Waals surface area (Å²) in [4.78, 5) is 4.44. The van der Waals surface area contributed by atoms with Crippen molar-refractivity contribution in [3.05, 3.63) is 0 Å².